The number of hydrogen-bond acceptors (Lipinski definition) is 7. The molecule has 160 valence electrons. The van der Waals surface area contributed by atoms with E-state index in [0.29, 0.717) is 12.6 Å². The lowest BCUT2D eigenvalue weighted by Gasteiger charge is -2.22. The van der Waals surface area contributed by atoms with E-state index in [-0.39, 0.29) is 23.9 Å². The van der Waals surface area contributed by atoms with E-state index in [1.807, 2.05) is 75.4 Å². The number of hydrogen-bond donors (Lipinski definition) is 1. The topological polar surface area (TPSA) is 89.5 Å². The summed E-state index contributed by atoms with van der Waals surface area (Å²) in [6.07, 6.45) is 0.967. The summed E-state index contributed by atoms with van der Waals surface area (Å²) in [6, 6.07) is 17.3. The lowest BCUT2D eigenvalue weighted by Crippen LogP contribution is -2.38. The Morgan fingerprint density at radius 3 is 2.45 bits per heavy atom. The van der Waals surface area contributed by atoms with Crippen molar-refractivity contribution in [1.29, 1.82) is 0 Å². The molecule has 1 aromatic heterocycles. The molecule has 1 saturated heterocycles. The molecule has 8 heteroatoms. The first-order valence-electron chi connectivity index (χ1n) is 10.3. The SMILES string of the molecule is CC(C)[C@H]1COC(=O)N1c1ncnc(N[C@H](C)c2ccc(Oc3ccccc3)cc2)n1. The molecule has 4 rings (SSSR count). The van der Waals surface area contributed by atoms with Crippen molar-refractivity contribution in [1.82, 2.24) is 15.0 Å². The van der Waals surface area contributed by atoms with Crippen LogP contribution in [0.15, 0.2) is 60.9 Å². The number of carbonyl (C=O) groups is 1. The number of carbonyl (C=O) groups excluding carboxylic acids is 1. The van der Waals surface area contributed by atoms with Crippen LogP contribution in [0.3, 0.4) is 0 Å². The van der Waals surface area contributed by atoms with Gasteiger partial charge in [0.1, 0.15) is 24.4 Å². The van der Waals surface area contributed by atoms with Gasteiger partial charge in [-0.2, -0.15) is 4.98 Å². The van der Waals surface area contributed by atoms with Gasteiger partial charge in [0, 0.05) is 0 Å². The van der Waals surface area contributed by atoms with Crippen molar-refractivity contribution in [3.8, 4) is 11.5 Å². The summed E-state index contributed by atoms with van der Waals surface area (Å²) in [6.45, 7) is 6.41. The van der Waals surface area contributed by atoms with E-state index in [1.165, 1.54) is 11.2 Å². The Morgan fingerprint density at radius 1 is 1.03 bits per heavy atom. The molecule has 1 fully saturated rings. The standard InChI is InChI=1S/C23H25N5O3/c1-15(2)20-13-30-23(29)28(20)22-25-14-24-21(27-22)26-16(3)17-9-11-19(12-10-17)31-18-7-5-4-6-8-18/h4-12,14-16,20H,13H2,1-3H3,(H,24,25,26,27)/t16-,20-/m1/s1. The maximum Gasteiger partial charge on any atom is 0.417 e. The molecule has 31 heavy (non-hydrogen) atoms. The molecule has 0 radical (unpaired) electrons. The van der Waals surface area contributed by atoms with Gasteiger partial charge in [0.25, 0.3) is 0 Å². The maximum atomic E-state index is 12.2. The van der Waals surface area contributed by atoms with E-state index < -0.39 is 6.09 Å². The summed E-state index contributed by atoms with van der Waals surface area (Å²) in [5, 5.41) is 3.27. The minimum Gasteiger partial charge on any atom is -0.457 e. The molecule has 2 heterocycles. The summed E-state index contributed by atoms with van der Waals surface area (Å²) in [4.78, 5) is 26.5. The van der Waals surface area contributed by atoms with Crippen molar-refractivity contribution >= 4 is 18.0 Å². The van der Waals surface area contributed by atoms with Crippen LogP contribution in [0.2, 0.25) is 0 Å². The number of anilines is 2. The van der Waals surface area contributed by atoms with Crippen molar-refractivity contribution in [3.05, 3.63) is 66.5 Å². The van der Waals surface area contributed by atoms with Crippen LogP contribution in [0.4, 0.5) is 16.7 Å². The van der Waals surface area contributed by atoms with Crippen LogP contribution < -0.4 is 15.0 Å². The highest BCUT2D eigenvalue weighted by atomic mass is 16.6. The third kappa shape index (κ3) is 4.74. The maximum absolute atomic E-state index is 12.2. The molecular weight excluding hydrogens is 394 g/mol. The number of nitrogens with zero attached hydrogens (tertiary/aromatic N) is 4. The van der Waals surface area contributed by atoms with Gasteiger partial charge in [-0.15, -0.1) is 0 Å². The number of cyclic esters (lactones) is 1. The minimum atomic E-state index is -0.432. The van der Waals surface area contributed by atoms with Crippen molar-refractivity contribution in [2.75, 3.05) is 16.8 Å². The van der Waals surface area contributed by atoms with Crippen molar-refractivity contribution in [3.63, 3.8) is 0 Å². The largest absolute Gasteiger partial charge is 0.457 e. The van der Waals surface area contributed by atoms with Gasteiger partial charge in [-0.3, -0.25) is 0 Å². The lowest BCUT2D eigenvalue weighted by atomic mass is 10.1. The summed E-state index contributed by atoms with van der Waals surface area (Å²) >= 11 is 0. The molecule has 0 bridgehead atoms. The number of benzene rings is 2. The predicted octanol–water partition coefficient (Wildman–Crippen LogP) is 4.82. The molecule has 3 aromatic rings. The second kappa shape index (κ2) is 8.99. The number of para-hydroxylation sites is 1. The first kappa shape index (κ1) is 20.6. The van der Waals surface area contributed by atoms with Crippen molar-refractivity contribution in [2.24, 2.45) is 5.92 Å². The highest BCUT2D eigenvalue weighted by Gasteiger charge is 2.38. The lowest BCUT2D eigenvalue weighted by molar-refractivity contribution is 0.177. The third-order valence-corrected chi connectivity index (χ3v) is 5.15. The van der Waals surface area contributed by atoms with Gasteiger partial charge < -0.3 is 14.8 Å². The highest BCUT2D eigenvalue weighted by molar-refractivity contribution is 5.88. The van der Waals surface area contributed by atoms with E-state index in [4.69, 9.17) is 9.47 Å². The van der Waals surface area contributed by atoms with Crippen LogP contribution in [0.5, 0.6) is 11.5 Å². The molecule has 1 aliphatic rings. The predicted molar refractivity (Wildman–Crippen MR) is 117 cm³/mol. The quantitative estimate of drug-likeness (QED) is 0.587. The van der Waals surface area contributed by atoms with Crippen LogP contribution in [-0.2, 0) is 4.74 Å². The van der Waals surface area contributed by atoms with Gasteiger partial charge >= 0.3 is 6.09 Å². The zero-order valence-electron chi connectivity index (χ0n) is 17.7. The number of nitrogens with one attached hydrogen (secondary N) is 1. The average Bonchev–Trinajstić information content (AvgIpc) is 3.17. The van der Waals surface area contributed by atoms with Gasteiger partial charge in [0.05, 0.1) is 12.1 Å². The van der Waals surface area contributed by atoms with Crippen molar-refractivity contribution < 1.29 is 14.3 Å². The molecule has 0 unspecified atom stereocenters. The van der Waals surface area contributed by atoms with E-state index in [9.17, 15) is 4.79 Å². The van der Waals surface area contributed by atoms with Crippen LogP contribution in [0, 0.1) is 5.92 Å². The fourth-order valence-corrected chi connectivity index (χ4v) is 3.36. The highest BCUT2D eigenvalue weighted by Crippen LogP contribution is 2.26. The van der Waals surface area contributed by atoms with Crippen LogP contribution in [0.25, 0.3) is 0 Å². The van der Waals surface area contributed by atoms with Gasteiger partial charge in [-0.05, 0) is 42.7 Å². The number of amides is 1. The molecule has 1 amide bonds. The third-order valence-electron chi connectivity index (χ3n) is 5.15. The Balaban J connectivity index is 1.44. The molecule has 2 atom stereocenters. The smallest absolute Gasteiger partial charge is 0.417 e. The Hall–Kier alpha value is -3.68. The van der Waals surface area contributed by atoms with Crippen molar-refractivity contribution in [2.45, 2.75) is 32.9 Å². The van der Waals surface area contributed by atoms with E-state index >= 15 is 0 Å². The van der Waals surface area contributed by atoms with Gasteiger partial charge in [0.2, 0.25) is 11.9 Å². The van der Waals surface area contributed by atoms with Gasteiger partial charge in [0.15, 0.2) is 0 Å². The number of ether oxygens (including phenoxy) is 2. The van der Waals surface area contributed by atoms with Crippen LogP contribution in [0.1, 0.15) is 32.4 Å². The van der Waals surface area contributed by atoms with Crippen LogP contribution in [-0.4, -0.2) is 33.7 Å². The second-order valence-corrected chi connectivity index (χ2v) is 7.72. The molecule has 0 aliphatic carbocycles. The average molecular weight is 419 g/mol. The Labute approximate surface area is 181 Å². The zero-order valence-corrected chi connectivity index (χ0v) is 17.7. The van der Waals surface area contributed by atoms with E-state index in [0.717, 1.165) is 17.1 Å². The molecule has 2 aromatic carbocycles. The van der Waals surface area contributed by atoms with Gasteiger partial charge in [-0.25, -0.2) is 19.7 Å². The Kier molecular flexibility index (Phi) is 5.97. The molecular formula is C23H25N5O3. The summed E-state index contributed by atoms with van der Waals surface area (Å²) < 4.78 is 11.0. The van der Waals surface area contributed by atoms with E-state index in [1.54, 1.807) is 0 Å². The normalized spacial score (nSPS) is 16.8. The second-order valence-electron chi connectivity index (χ2n) is 7.72. The first-order chi connectivity index (χ1) is 15.0. The fourth-order valence-electron chi connectivity index (χ4n) is 3.36. The molecule has 1 N–H and O–H groups in total. The summed E-state index contributed by atoms with van der Waals surface area (Å²) in [5.41, 5.74) is 1.04. The molecule has 0 saturated carbocycles. The first-order valence-corrected chi connectivity index (χ1v) is 10.3. The van der Waals surface area contributed by atoms with Gasteiger partial charge in [-0.1, -0.05) is 44.2 Å². The monoisotopic (exact) mass is 419 g/mol. The fraction of sp³-hybridized carbons (Fsp3) is 0.304. The Morgan fingerprint density at radius 2 is 1.74 bits per heavy atom. The minimum absolute atomic E-state index is 0.0625. The summed E-state index contributed by atoms with van der Waals surface area (Å²) in [7, 11) is 0. The summed E-state index contributed by atoms with van der Waals surface area (Å²) in [5.74, 6) is 2.45. The van der Waals surface area contributed by atoms with Crippen LogP contribution >= 0.6 is 0 Å². The zero-order chi connectivity index (χ0) is 21.8. The Bertz CT molecular complexity index is 1030. The number of rotatable bonds is 7. The molecule has 8 nitrogen and oxygen atoms in total. The number of aromatic nitrogens is 3. The molecule has 0 spiro atoms. The van der Waals surface area contributed by atoms with E-state index in [2.05, 4.69) is 20.3 Å². The molecule has 1 aliphatic heterocycles.